The third-order valence-electron chi connectivity index (χ3n) is 5.31. The van der Waals surface area contributed by atoms with E-state index in [0.717, 1.165) is 5.56 Å². The monoisotopic (exact) mass is 340 g/mol. The highest BCUT2D eigenvalue weighted by atomic mass is 16.4. The fraction of sp³-hybridized carbons (Fsp3) is 0.389. The van der Waals surface area contributed by atoms with Gasteiger partial charge >= 0.3 is 5.97 Å². The van der Waals surface area contributed by atoms with E-state index in [9.17, 15) is 14.7 Å². The molecule has 1 aromatic heterocycles. The van der Waals surface area contributed by atoms with Gasteiger partial charge in [0, 0.05) is 38.3 Å². The molecule has 3 heterocycles. The molecule has 2 aliphatic rings. The van der Waals surface area contributed by atoms with Crippen molar-refractivity contribution in [2.45, 2.75) is 6.54 Å². The first kappa shape index (κ1) is 15.8. The van der Waals surface area contributed by atoms with E-state index in [4.69, 9.17) is 0 Å². The van der Waals surface area contributed by atoms with Gasteiger partial charge in [-0.05, 0) is 5.56 Å². The van der Waals surface area contributed by atoms with Gasteiger partial charge in [-0.3, -0.25) is 14.3 Å². The predicted molar refractivity (Wildman–Crippen MR) is 90.1 cm³/mol. The van der Waals surface area contributed by atoms with Gasteiger partial charge in [0.2, 0.25) is 0 Å². The number of likely N-dealkylation sites (tertiary alicyclic amines) is 1. The summed E-state index contributed by atoms with van der Waals surface area (Å²) in [6.07, 6.45) is 3.29. The maximum absolute atomic E-state index is 12.8. The van der Waals surface area contributed by atoms with Crippen LogP contribution in [0.15, 0.2) is 42.7 Å². The number of carboxylic acids is 1. The van der Waals surface area contributed by atoms with Crippen molar-refractivity contribution in [2.75, 3.05) is 26.2 Å². The first-order chi connectivity index (χ1) is 12.1. The quantitative estimate of drug-likeness (QED) is 0.854. The Balaban J connectivity index is 1.48. The zero-order chi connectivity index (χ0) is 17.4. The van der Waals surface area contributed by atoms with E-state index in [1.807, 2.05) is 30.3 Å². The van der Waals surface area contributed by atoms with E-state index in [1.165, 1.54) is 0 Å². The molecule has 7 nitrogen and oxygen atoms in total. The molecule has 2 aromatic rings. The van der Waals surface area contributed by atoms with E-state index in [0.29, 0.717) is 31.7 Å². The van der Waals surface area contributed by atoms with Crippen molar-refractivity contribution < 1.29 is 14.7 Å². The van der Waals surface area contributed by atoms with Gasteiger partial charge < -0.3 is 15.3 Å². The topological polar surface area (TPSA) is 87.5 Å². The number of carboxylic acid groups (broad SMARTS) is 1. The van der Waals surface area contributed by atoms with Gasteiger partial charge in [0.15, 0.2) is 0 Å². The van der Waals surface area contributed by atoms with E-state index in [-0.39, 0.29) is 18.4 Å². The number of rotatable bonds is 4. The van der Waals surface area contributed by atoms with Crippen molar-refractivity contribution >= 4 is 11.9 Å². The highest BCUT2D eigenvalue weighted by molar-refractivity contribution is 5.94. The van der Waals surface area contributed by atoms with Crippen molar-refractivity contribution in [2.24, 2.45) is 11.3 Å². The summed E-state index contributed by atoms with van der Waals surface area (Å²) < 4.78 is 1.73. The summed E-state index contributed by atoms with van der Waals surface area (Å²) in [7, 11) is 0. The lowest BCUT2D eigenvalue weighted by molar-refractivity contribution is -0.148. The van der Waals surface area contributed by atoms with Crippen LogP contribution in [0.5, 0.6) is 0 Å². The first-order valence-electron chi connectivity index (χ1n) is 8.38. The molecule has 0 aliphatic carbocycles. The maximum Gasteiger partial charge on any atom is 0.313 e. The molecule has 4 rings (SSSR count). The molecule has 2 saturated heterocycles. The molecule has 7 heteroatoms. The molecule has 0 bridgehead atoms. The Kier molecular flexibility index (Phi) is 3.80. The maximum atomic E-state index is 12.8. The molecule has 0 radical (unpaired) electrons. The number of carbonyl (C=O) groups excluding carboxylic acids is 1. The first-order valence-corrected chi connectivity index (χ1v) is 8.38. The SMILES string of the molecule is O=C(c1cnn(Cc2ccccc2)c1)N1C[C@@H]2CNC[C@]2(C(=O)O)C1. The van der Waals surface area contributed by atoms with E-state index < -0.39 is 11.4 Å². The van der Waals surface area contributed by atoms with Crippen LogP contribution in [0.3, 0.4) is 0 Å². The van der Waals surface area contributed by atoms with E-state index in [2.05, 4.69) is 10.4 Å². The number of benzene rings is 1. The number of fused-ring (bicyclic) bond motifs is 1. The molecule has 2 aliphatic heterocycles. The van der Waals surface area contributed by atoms with E-state index in [1.54, 1.807) is 22.0 Å². The number of nitrogens with one attached hydrogen (secondary N) is 1. The molecule has 2 fully saturated rings. The number of nitrogens with zero attached hydrogens (tertiary/aromatic N) is 3. The van der Waals surface area contributed by atoms with Crippen molar-refractivity contribution in [3.05, 3.63) is 53.9 Å². The number of hydrogen-bond acceptors (Lipinski definition) is 4. The number of amides is 1. The van der Waals surface area contributed by atoms with Crippen LogP contribution in [0.25, 0.3) is 0 Å². The highest BCUT2D eigenvalue weighted by Gasteiger charge is 2.56. The Morgan fingerprint density at radius 3 is 2.84 bits per heavy atom. The molecule has 0 unspecified atom stereocenters. The summed E-state index contributed by atoms with van der Waals surface area (Å²) >= 11 is 0. The van der Waals surface area contributed by atoms with Crippen LogP contribution in [-0.4, -0.2) is 57.8 Å². The molecule has 25 heavy (non-hydrogen) atoms. The smallest absolute Gasteiger partial charge is 0.313 e. The third kappa shape index (κ3) is 2.70. The molecule has 2 N–H and O–H groups in total. The van der Waals surface area contributed by atoms with Crippen LogP contribution >= 0.6 is 0 Å². The Labute approximate surface area is 145 Å². The molecular weight excluding hydrogens is 320 g/mol. The summed E-state index contributed by atoms with van der Waals surface area (Å²) in [5.41, 5.74) is 0.760. The molecular formula is C18H20N4O3. The lowest BCUT2D eigenvalue weighted by Gasteiger charge is -2.22. The zero-order valence-corrected chi connectivity index (χ0v) is 13.8. The van der Waals surface area contributed by atoms with Crippen LogP contribution in [0.2, 0.25) is 0 Å². The largest absolute Gasteiger partial charge is 0.481 e. The fourth-order valence-electron chi connectivity index (χ4n) is 3.89. The van der Waals surface area contributed by atoms with Gasteiger partial charge in [-0.1, -0.05) is 30.3 Å². The molecule has 0 saturated carbocycles. The number of aromatic nitrogens is 2. The minimum absolute atomic E-state index is 0.0340. The lowest BCUT2D eigenvalue weighted by Crippen LogP contribution is -2.41. The van der Waals surface area contributed by atoms with Gasteiger partial charge in [0.25, 0.3) is 5.91 Å². The Morgan fingerprint density at radius 1 is 1.32 bits per heavy atom. The van der Waals surface area contributed by atoms with Crippen molar-refractivity contribution in [3.8, 4) is 0 Å². The summed E-state index contributed by atoms with van der Waals surface area (Å²) in [6, 6.07) is 9.91. The second-order valence-electron chi connectivity index (χ2n) is 6.89. The van der Waals surface area contributed by atoms with Crippen molar-refractivity contribution in [1.82, 2.24) is 20.0 Å². The second kappa shape index (κ2) is 6.00. The molecule has 0 spiro atoms. The van der Waals surface area contributed by atoms with Crippen molar-refractivity contribution in [1.29, 1.82) is 0 Å². The number of aliphatic carboxylic acids is 1. The Hall–Kier alpha value is -2.67. The summed E-state index contributed by atoms with van der Waals surface area (Å²) in [6.45, 7) is 2.39. The summed E-state index contributed by atoms with van der Waals surface area (Å²) in [5, 5.41) is 17.0. The predicted octanol–water partition coefficient (Wildman–Crippen LogP) is 0.678. The van der Waals surface area contributed by atoms with Gasteiger partial charge in [-0.2, -0.15) is 5.10 Å². The zero-order valence-electron chi connectivity index (χ0n) is 13.8. The van der Waals surface area contributed by atoms with Gasteiger partial charge in [0.1, 0.15) is 5.41 Å². The highest BCUT2D eigenvalue weighted by Crippen LogP contribution is 2.39. The summed E-state index contributed by atoms with van der Waals surface area (Å²) in [5.74, 6) is -1.000. The van der Waals surface area contributed by atoms with Crippen LogP contribution in [-0.2, 0) is 11.3 Å². The lowest BCUT2D eigenvalue weighted by atomic mass is 9.81. The summed E-state index contributed by atoms with van der Waals surface area (Å²) in [4.78, 5) is 26.1. The number of hydrogen-bond donors (Lipinski definition) is 2. The van der Waals surface area contributed by atoms with Crippen LogP contribution in [0.1, 0.15) is 15.9 Å². The van der Waals surface area contributed by atoms with Gasteiger partial charge in [-0.25, -0.2) is 0 Å². The minimum Gasteiger partial charge on any atom is -0.481 e. The van der Waals surface area contributed by atoms with Gasteiger partial charge in [-0.15, -0.1) is 0 Å². The average molecular weight is 340 g/mol. The van der Waals surface area contributed by atoms with Crippen molar-refractivity contribution in [3.63, 3.8) is 0 Å². The molecule has 130 valence electrons. The standard InChI is InChI=1S/C18H20N4O3/c23-16(21-10-15-7-19-11-18(15,12-21)17(24)25)14-6-20-22(9-14)8-13-4-2-1-3-5-13/h1-6,9,15,19H,7-8,10-12H2,(H,24,25)/t15-,18-/m0/s1. The second-order valence-corrected chi connectivity index (χ2v) is 6.89. The third-order valence-corrected chi connectivity index (χ3v) is 5.31. The Bertz CT molecular complexity index is 804. The normalized spacial score (nSPS) is 25.1. The fourth-order valence-corrected chi connectivity index (χ4v) is 3.89. The van der Waals surface area contributed by atoms with Crippen LogP contribution in [0.4, 0.5) is 0 Å². The minimum atomic E-state index is -0.851. The Morgan fingerprint density at radius 2 is 2.12 bits per heavy atom. The van der Waals surface area contributed by atoms with Crippen LogP contribution < -0.4 is 5.32 Å². The van der Waals surface area contributed by atoms with Gasteiger partial charge in [0.05, 0.1) is 18.3 Å². The average Bonchev–Trinajstić information content (AvgIpc) is 3.29. The molecule has 2 atom stereocenters. The number of carbonyl (C=O) groups is 2. The van der Waals surface area contributed by atoms with Crippen LogP contribution in [0, 0.1) is 11.3 Å². The molecule has 1 aromatic carbocycles. The molecule has 1 amide bonds. The van der Waals surface area contributed by atoms with E-state index >= 15 is 0 Å².